The zero-order valence-electron chi connectivity index (χ0n) is 11.1. The highest BCUT2D eigenvalue weighted by atomic mass is 79.9. The first-order valence-corrected chi connectivity index (χ1v) is 6.98. The van der Waals surface area contributed by atoms with E-state index in [-0.39, 0.29) is 6.04 Å². The number of para-hydroxylation sites is 1. The molecule has 1 aromatic heterocycles. The van der Waals surface area contributed by atoms with Crippen LogP contribution in [0.25, 0.3) is 0 Å². The second-order valence-electron chi connectivity index (χ2n) is 4.56. The normalized spacial score (nSPS) is 12.4. The minimum Gasteiger partial charge on any atom is -0.492 e. The van der Waals surface area contributed by atoms with Crippen molar-refractivity contribution in [2.45, 2.75) is 19.4 Å². The molecule has 0 fully saturated rings. The van der Waals surface area contributed by atoms with E-state index in [4.69, 9.17) is 10.5 Å². The van der Waals surface area contributed by atoms with E-state index < -0.39 is 0 Å². The fourth-order valence-corrected chi connectivity index (χ4v) is 2.43. The van der Waals surface area contributed by atoms with E-state index in [1.165, 1.54) is 0 Å². The van der Waals surface area contributed by atoms with Crippen LogP contribution in [0.1, 0.15) is 11.4 Å². The Kier molecular flexibility index (Phi) is 4.61. The number of benzene rings is 1. The van der Waals surface area contributed by atoms with E-state index in [1.807, 2.05) is 49.0 Å². The lowest BCUT2D eigenvalue weighted by Gasteiger charge is -2.13. The fraction of sp³-hybridized carbons (Fsp3) is 0.357. The molecule has 5 heteroatoms. The van der Waals surface area contributed by atoms with E-state index in [0.29, 0.717) is 6.61 Å². The Balaban J connectivity index is 1.92. The number of hydrogen-bond donors (Lipinski definition) is 1. The predicted molar refractivity (Wildman–Crippen MR) is 79.3 cm³/mol. The average Bonchev–Trinajstić information content (AvgIpc) is 2.64. The number of rotatable bonds is 5. The Morgan fingerprint density at radius 3 is 2.63 bits per heavy atom. The van der Waals surface area contributed by atoms with Gasteiger partial charge >= 0.3 is 0 Å². The van der Waals surface area contributed by atoms with Crippen molar-refractivity contribution < 1.29 is 4.74 Å². The molecule has 0 saturated heterocycles. The van der Waals surface area contributed by atoms with Crippen molar-refractivity contribution >= 4 is 15.9 Å². The molecule has 102 valence electrons. The molecule has 2 rings (SSSR count). The molecule has 1 atom stereocenters. The monoisotopic (exact) mass is 323 g/mol. The largest absolute Gasteiger partial charge is 0.492 e. The molecule has 0 aliphatic heterocycles. The summed E-state index contributed by atoms with van der Waals surface area (Å²) in [6, 6.07) is 9.64. The van der Waals surface area contributed by atoms with Gasteiger partial charge in [0.05, 0.1) is 15.9 Å². The van der Waals surface area contributed by atoms with Gasteiger partial charge in [-0.05, 0) is 35.0 Å². The van der Waals surface area contributed by atoms with Gasteiger partial charge in [-0.1, -0.05) is 18.2 Å². The SMILES string of the molecule is Cc1nn(C)c(CC(N)COc2ccccc2)c1Br. The standard InChI is InChI=1S/C14H18BrN3O/c1-10-14(15)13(18(2)17-10)8-11(16)9-19-12-6-4-3-5-7-12/h3-7,11H,8-9,16H2,1-2H3. The Labute approximate surface area is 121 Å². The molecule has 1 aromatic carbocycles. The van der Waals surface area contributed by atoms with Gasteiger partial charge in [0.15, 0.2) is 0 Å². The summed E-state index contributed by atoms with van der Waals surface area (Å²) in [5.41, 5.74) is 8.19. The van der Waals surface area contributed by atoms with Gasteiger partial charge in [-0.3, -0.25) is 4.68 Å². The summed E-state index contributed by atoms with van der Waals surface area (Å²) in [6.07, 6.45) is 0.727. The van der Waals surface area contributed by atoms with Crippen LogP contribution in [0.15, 0.2) is 34.8 Å². The maximum absolute atomic E-state index is 6.11. The van der Waals surface area contributed by atoms with Gasteiger partial charge in [-0.25, -0.2) is 0 Å². The Hall–Kier alpha value is -1.33. The van der Waals surface area contributed by atoms with Gasteiger partial charge in [-0.15, -0.1) is 0 Å². The Morgan fingerprint density at radius 2 is 2.05 bits per heavy atom. The number of aryl methyl sites for hydroxylation is 2. The number of halogens is 1. The van der Waals surface area contributed by atoms with Gasteiger partial charge in [0.25, 0.3) is 0 Å². The lowest BCUT2D eigenvalue weighted by molar-refractivity contribution is 0.286. The molecule has 1 unspecified atom stereocenters. The van der Waals surface area contributed by atoms with E-state index in [0.717, 1.165) is 28.0 Å². The molecule has 0 radical (unpaired) electrons. The quantitative estimate of drug-likeness (QED) is 0.919. The average molecular weight is 324 g/mol. The summed E-state index contributed by atoms with van der Waals surface area (Å²) >= 11 is 3.55. The van der Waals surface area contributed by atoms with Crippen molar-refractivity contribution in [3.8, 4) is 5.75 Å². The fourth-order valence-electron chi connectivity index (χ4n) is 1.93. The summed E-state index contributed by atoms with van der Waals surface area (Å²) < 4.78 is 8.55. The minimum atomic E-state index is -0.0636. The zero-order valence-corrected chi connectivity index (χ0v) is 12.7. The maximum Gasteiger partial charge on any atom is 0.119 e. The number of aromatic nitrogens is 2. The van der Waals surface area contributed by atoms with Gasteiger partial charge < -0.3 is 10.5 Å². The molecule has 0 saturated carbocycles. The van der Waals surface area contributed by atoms with Crippen molar-refractivity contribution in [1.82, 2.24) is 9.78 Å². The summed E-state index contributed by atoms with van der Waals surface area (Å²) in [5, 5.41) is 4.36. The lowest BCUT2D eigenvalue weighted by Crippen LogP contribution is -2.31. The number of nitrogens with two attached hydrogens (primary N) is 1. The molecular weight excluding hydrogens is 306 g/mol. The van der Waals surface area contributed by atoms with Crippen LogP contribution in [0.2, 0.25) is 0 Å². The van der Waals surface area contributed by atoms with E-state index in [9.17, 15) is 0 Å². The van der Waals surface area contributed by atoms with Gasteiger partial charge in [-0.2, -0.15) is 5.10 Å². The second kappa shape index (κ2) is 6.21. The number of ether oxygens (including phenoxy) is 1. The topological polar surface area (TPSA) is 53.1 Å². The third-order valence-electron chi connectivity index (χ3n) is 2.92. The number of nitrogens with zero attached hydrogens (tertiary/aromatic N) is 2. The van der Waals surface area contributed by atoms with Crippen LogP contribution in [-0.4, -0.2) is 22.4 Å². The molecule has 19 heavy (non-hydrogen) atoms. The van der Waals surface area contributed by atoms with Crippen LogP contribution in [-0.2, 0) is 13.5 Å². The summed E-state index contributed by atoms with van der Waals surface area (Å²) in [4.78, 5) is 0. The van der Waals surface area contributed by atoms with Gasteiger partial charge in [0.2, 0.25) is 0 Å². The van der Waals surface area contributed by atoms with Crippen LogP contribution in [0.4, 0.5) is 0 Å². The first-order chi connectivity index (χ1) is 9.08. The number of hydrogen-bond acceptors (Lipinski definition) is 3. The van der Waals surface area contributed by atoms with E-state index in [2.05, 4.69) is 21.0 Å². The van der Waals surface area contributed by atoms with Gasteiger partial charge in [0, 0.05) is 19.5 Å². The maximum atomic E-state index is 6.11. The van der Waals surface area contributed by atoms with Crippen molar-refractivity contribution in [2.75, 3.05) is 6.61 Å². The van der Waals surface area contributed by atoms with Crippen LogP contribution in [0.5, 0.6) is 5.75 Å². The van der Waals surface area contributed by atoms with E-state index >= 15 is 0 Å². The highest BCUT2D eigenvalue weighted by molar-refractivity contribution is 9.10. The molecule has 0 amide bonds. The third kappa shape index (κ3) is 3.58. The Bertz CT molecular complexity index is 539. The zero-order chi connectivity index (χ0) is 13.8. The lowest BCUT2D eigenvalue weighted by atomic mass is 10.1. The molecule has 1 heterocycles. The first-order valence-electron chi connectivity index (χ1n) is 6.19. The van der Waals surface area contributed by atoms with Crippen LogP contribution in [0.3, 0.4) is 0 Å². The van der Waals surface area contributed by atoms with Crippen molar-refractivity contribution in [3.63, 3.8) is 0 Å². The summed E-state index contributed by atoms with van der Waals surface area (Å²) in [7, 11) is 1.93. The molecule has 0 spiro atoms. The molecule has 0 aliphatic rings. The molecule has 2 N–H and O–H groups in total. The Morgan fingerprint density at radius 1 is 1.37 bits per heavy atom. The van der Waals surface area contributed by atoms with Gasteiger partial charge in [0.1, 0.15) is 12.4 Å². The van der Waals surface area contributed by atoms with Crippen molar-refractivity contribution in [3.05, 3.63) is 46.2 Å². The van der Waals surface area contributed by atoms with Crippen molar-refractivity contribution in [1.29, 1.82) is 0 Å². The molecule has 0 bridgehead atoms. The molecular formula is C14H18BrN3O. The third-order valence-corrected chi connectivity index (χ3v) is 3.96. The van der Waals surface area contributed by atoms with Crippen LogP contribution < -0.4 is 10.5 Å². The minimum absolute atomic E-state index is 0.0636. The second-order valence-corrected chi connectivity index (χ2v) is 5.35. The first kappa shape index (κ1) is 14.1. The highest BCUT2D eigenvalue weighted by Gasteiger charge is 2.14. The molecule has 4 nitrogen and oxygen atoms in total. The van der Waals surface area contributed by atoms with E-state index in [1.54, 1.807) is 0 Å². The van der Waals surface area contributed by atoms with Crippen LogP contribution in [0, 0.1) is 6.92 Å². The molecule has 0 aliphatic carbocycles. The summed E-state index contributed by atoms with van der Waals surface area (Å²) in [6.45, 7) is 2.46. The smallest absolute Gasteiger partial charge is 0.119 e. The highest BCUT2D eigenvalue weighted by Crippen LogP contribution is 2.21. The molecule has 2 aromatic rings. The predicted octanol–water partition coefficient (Wildman–Crippen LogP) is 2.44. The summed E-state index contributed by atoms with van der Waals surface area (Å²) in [5.74, 6) is 0.846. The van der Waals surface area contributed by atoms with Crippen LogP contribution >= 0.6 is 15.9 Å². The van der Waals surface area contributed by atoms with Crippen molar-refractivity contribution in [2.24, 2.45) is 12.8 Å².